The third-order valence-corrected chi connectivity index (χ3v) is 19.3. The number of rotatable bonds is 71. The fourth-order valence-electron chi connectivity index (χ4n) is 11.2. The molecule has 0 aromatic heterocycles. The van der Waals surface area contributed by atoms with Crippen LogP contribution in [0.2, 0.25) is 0 Å². The highest BCUT2D eigenvalue weighted by molar-refractivity contribution is 7.47. The van der Waals surface area contributed by atoms with Gasteiger partial charge in [-0.3, -0.25) is 37.3 Å². The average molecular weight is 1370 g/mol. The summed E-state index contributed by atoms with van der Waals surface area (Å²) in [6.07, 6.45) is 47.4. The lowest BCUT2D eigenvalue weighted by atomic mass is 9.99. The minimum absolute atomic E-state index is 0.101. The summed E-state index contributed by atoms with van der Waals surface area (Å²) in [5.74, 6) is 0.882. The van der Waals surface area contributed by atoms with Gasteiger partial charge in [0.05, 0.1) is 26.4 Å². The highest BCUT2D eigenvalue weighted by atomic mass is 31.2. The van der Waals surface area contributed by atoms with Crippen LogP contribution in [0.25, 0.3) is 0 Å². The molecule has 17 nitrogen and oxygen atoms in total. The number of phosphoric ester groups is 2. The minimum atomic E-state index is -4.96. The Bertz CT molecular complexity index is 1840. The molecule has 0 fully saturated rings. The van der Waals surface area contributed by atoms with E-state index in [-0.39, 0.29) is 25.7 Å². The minimum Gasteiger partial charge on any atom is -0.462 e. The summed E-state index contributed by atoms with van der Waals surface area (Å²) in [6, 6.07) is 0. The summed E-state index contributed by atoms with van der Waals surface area (Å²) in [6.45, 7) is 14.1. The van der Waals surface area contributed by atoms with Gasteiger partial charge in [0.2, 0.25) is 0 Å². The second-order valence-corrected chi connectivity index (χ2v) is 31.3. The van der Waals surface area contributed by atoms with Gasteiger partial charge in [-0.15, -0.1) is 0 Å². The summed E-state index contributed by atoms with van der Waals surface area (Å²) < 4.78 is 68.4. The summed E-state index contributed by atoms with van der Waals surface area (Å²) in [5.41, 5.74) is 0. The molecule has 0 aromatic carbocycles. The van der Waals surface area contributed by atoms with Crippen molar-refractivity contribution >= 4 is 39.5 Å². The third-order valence-electron chi connectivity index (χ3n) is 17.4. The molecule has 0 saturated carbocycles. The number of carbonyl (C=O) groups is 4. The van der Waals surface area contributed by atoms with E-state index in [9.17, 15) is 43.2 Å². The van der Waals surface area contributed by atoms with Crippen molar-refractivity contribution in [3.63, 3.8) is 0 Å². The molecule has 0 rings (SSSR count). The van der Waals surface area contributed by atoms with E-state index in [0.717, 1.165) is 108 Å². The number of esters is 4. The first kappa shape index (κ1) is 91.1. The Hall–Kier alpha value is -1.94. The van der Waals surface area contributed by atoms with Crippen molar-refractivity contribution in [3.8, 4) is 0 Å². The summed E-state index contributed by atoms with van der Waals surface area (Å²) in [7, 11) is -9.91. The van der Waals surface area contributed by atoms with Crippen LogP contribution in [0, 0.1) is 23.7 Å². The number of phosphoric acid groups is 2. The molecule has 0 aliphatic carbocycles. The molecule has 0 saturated heterocycles. The third kappa shape index (κ3) is 67.0. The zero-order valence-electron chi connectivity index (χ0n) is 60.9. The Morgan fingerprint density at radius 1 is 0.301 bits per heavy atom. The number of aliphatic hydroxyl groups is 1. The normalized spacial score (nSPS) is 14.5. The first-order chi connectivity index (χ1) is 44.6. The Morgan fingerprint density at radius 2 is 0.516 bits per heavy atom. The second kappa shape index (κ2) is 63.5. The van der Waals surface area contributed by atoms with Gasteiger partial charge < -0.3 is 33.8 Å². The topological polar surface area (TPSA) is 237 Å². The molecule has 19 heteroatoms. The van der Waals surface area contributed by atoms with Crippen LogP contribution in [0.5, 0.6) is 0 Å². The smallest absolute Gasteiger partial charge is 0.462 e. The van der Waals surface area contributed by atoms with Crippen molar-refractivity contribution in [3.05, 3.63) is 0 Å². The molecule has 4 unspecified atom stereocenters. The second-order valence-electron chi connectivity index (χ2n) is 28.4. The van der Waals surface area contributed by atoms with Gasteiger partial charge in [0, 0.05) is 25.7 Å². The average Bonchev–Trinajstić information content (AvgIpc) is 2.89. The van der Waals surface area contributed by atoms with Crippen LogP contribution in [-0.2, 0) is 65.4 Å². The number of hydrogen-bond acceptors (Lipinski definition) is 15. The highest BCUT2D eigenvalue weighted by Gasteiger charge is 2.30. The first-order valence-electron chi connectivity index (χ1n) is 38.2. The maximum Gasteiger partial charge on any atom is 0.472 e. The molecule has 3 N–H and O–H groups in total. The molecule has 552 valence electrons. The van der Waals surface area contributed by atoms with Crippen molar-refractivity contribution in [2.24, 2.45) is 23.7 Å². The monoisotopic (exact) mass is 1370 g/mol. The number of carbonyl (C=O) groups excluding carboxylic acids is 4. The molecular weight excluding hydrogens is 1220 g/mol. The van der Waals surface area contributed by atoms with Gasteiger partial charge in [-0.05, 0) is 49.4 Å². The molecule has 0 amide bonds. The van der Waals surface area contributed by atoms with Crippen molar-refractivity contribution in [2.45, 2.75) is 388 Å². The summed E-state index contributed by atoms with van der Waals surface area (Å²) in [4.78, 5) is 72.6. The molecule has 0 aliphatic heterocycles. The van der Waals surface area contributed by atoms with Gasteiger partial charge in [0.1, 0.15) is 19.3 Å². The lowest BCUT2D eigenvalue weighted by molar-refractivity contribution is -0.161. The fraction of sp³-hybridized carbons (Fsp3) is 0.946. The predicted octanol–water partition coefficient (Wildman–Crippen LogP) is 21.3. The molecule has 0 bridgehead atoms. The van der Waals surface area contributed by atoms with Crippen LogP contribution in [0.15, 0.2) is 0 Å². The van der Waals surface area contributed by atoms with E-state index in [2.05, 4.69) is 55.4 Å². The zero-order valence-corrected chi connectivity index (χ0v) is 62.7. The van der Waals surface area contributed by atoms with Crippen LogP contribution in [0.1, 0.15) is 370 Å². The molecule has 93 heavy (non-hydrogen) atoms. The largest absolute Gasteiger partial charge is 0.472 e. The molecular formula is C74H144O17P2. The lowest BCUT2D eigenvalue weighted by Gasteiger charge is -2.21. The standard InChI is InChI=1S/C74H144O17P2/c1-9-67(8)53-45-37-28-21-18-19-23-31-40-48-56-73(78)90-69(60-84-71(76)54-46-38-29-22-17-15-13-11-10-12-14-16-20-26-34-42-50-64(2)3)62-88-92(80,81)86-58-68(75)59-87-93(82,83)89-63-70(91-74(79)57-49-41-33-32-36-44-52-66(6)7)61-85-72(77)55-47-39-30-25-24-27-35-43-51-65(4)5/h64-70,75H,9-63H2,1-8H3,(H,80,81)(H,82,83)/t67?,68?,69-,70-/m1/s1. The molecule has 6 atom stereocenters. The number of unbranched alkanes of at least 4 members (excludes halogenated alkanes) is 36. The van der Waals surface area contributed by atoms with E-state index in [1.165, 1.54) is 173 Å². The van der Waals surface area contributed by atoms with Crippen molar-refractivity contribution in [1.82, 2.24) is 0 Å². The Balaban J connectivity index is 5.20. The van der Waals surface area contributed by atoms with E-state index >= 15 is 0 Å². The molecule has 0 aromatic rings. The first-order valence-corrected chi connectivity index (χ1v) is 41.2. The Morgan fingerprint density at radius 3 is 0.763 bits per heavy atom. The maximum atomic E-state index is 13.1. The van der Waals surface area contributed by atoms with Crippen LogP contribution in [-0.4, -0.2) is 96.7 Å². The van der Waals surface area contributed by atoms with Gasteiger partial charge >= 0.3 is 39.5 Å². The molecule has 0 aliphatic rings. The van der Waals surface area contributed by atoms with Gasteiger partial charge in [0.25, 0.3) is 0 Å². The van der Waals surface area contributed by atoms with E-state index < -0.39 is 97.5 Å². The number of hydrogen-bond donors (Lipinski definition) is 3. The SMILES string of the molecule is CCC(C)CCCCCCCCCCCCC(=O)O[C@H](COC(=O)CCCCCCCCCCCCCCCCCCC(C)C)COP(=O)(O)OCC(O)COP(=O)(O)OC[C@@H](COC(=O)CCCCCCCCCCC(C)C)OC(=O)CCCCCCCCC(C)C. The van der Waals surface area contributed by atoms with Gasteiger partial charge in [0.15, 0.2) is 12.2 Å². The molecule has 0 spiro atoms. The van der Waals surface area contributed by atoms with Gasteiger partial charge in [-0.2, -0.15) is 0 Å². The lowest BCUT2D eigenvalue weighted by Crippen LogP contribution is -2.30. The predicted molar refractivity (Wildman–Crippen MR) is 377 cm³/mol. The quantitative estimate of drug-likeness (QED) is 0.0222. The maximum absolute atomic E-state index is 13.1. The van der Waals surface area contributed by atoms with Crippen LogP contribution >= 0.6 is 15.6 Å². The van der Waals surface area contributed by atoms with Crippen molar-refractivity contribution < 1.29 is 80.2 Å². The van der Waals surface area contributed by atoms with Gasteiger partial charge in [-0.25, -0.2) is 9.13 Å². The Kier molecular flexibility index (Phi) is 62.2. The molecule has 0 radical (unpaired) electrons. The highest BCUT2D eigenvalue weighted by Crippen LogP contribution is 2.45. The zero-order chi connectivity index (χ0) is 68.9. The van der Waals surface area contributed by atoms with Crippen LogP contribution in [0.4, 0.5) is 0 Å². The fourth-order valence-corrected chi connectivity index (χ4v) is 12.7. The summed E-state index contributed by atoms with van der Waals surface area (Å²) >= 11 is 0. The number of aliphatic hydroxyl groups excluding tert-OH is 1. The van der Waals surface area contributed by atoms with E-state index in [1.54, 1.807) is 0 Å². The van der Waals surface area contributed by atoms with E-state index in [4.69, 9.17) is 37.0 Å². The van der Waals surface area contributed by atoms with E-state index in [1.807, 2.05) is 0 Å². The van der Waals surface area contributed by atoms with Crippen molar-refractivity contribution in [2.75, 3.05) is 39.6 Å². The number of ether oxygens (including phenoxy) is 4. The summed E-state index contributed by atoms with van der Waals surface area (Å²) in [5, 5.41) is 10.6. The van der Waals surface area contributed by atoms with Crippen LogP contribution < -0.4 is 0 Å². The van der Waals surface area contributed by atoms with Crippen molar-refractivity contribution in [1.29, 1.82) is 0 Å². The van der Waals surface area contributed by atoms with E-state index in [0.29, 0.717) is 31.6 Å². The van der Waals surface area contributed by atoms with Gasteiger partial charge in [-0.1, -0.05) is 319 Å². The Labute approximate surface area is 568 Å². The molecule has 0 heterocycles. The van der Waals surface area contributed by atoms with Crippen LogP contribution in [0.3, 0.4) is 0 Å².